The minimum atomic E-state index is -0.986. The maximum Gasteiger partial charge on any atom is 0.329 e. The molecular formula is C24H29N3O7. The van der Waals surface area contributed by atoms with Crippen LogP contribution in [0.1, 0.15) is 31.1 Å². The Morgan fingerprint density at radius 2 is 1.53 bits per heavy atom. The number of anilines is 1. The number of ether oxygens (including phenoxy) is 3. The molecule has 0 heterocycles. The van der Waals surface area contributed by atoms with Gasteiger partial charge in [-0.2, -0.15) is 0 Å². The summed E-state index contributed by atoms with van der Waals surface area (Å²) in [5.74, 6) is -1.15. The smallest absolute Gasteiger partial charge is 0.329 e. The van der Waals surface area contributed by atoms with E-state index in [1.54, 1.807) is 62.4 Å². The van der Waals surface area contributed by atoms with E-state index in [0.29, 0.717) is 29.4 Å². The first-order chi connectivity index (χ1) is 16.2. The fourth-order valence-corrected chi connectivity index (χ4v) is 2.82. The molecule has 10 heteroatoms. The third-order valence-corrected chi connectivity index (χ3v) is 4.58. The number of carbonyl (C=O) groups excluding carboxylic acids is 4. The van der Waals surface area contributed by atoms with Gasteiger partial charge in [0, 0.05) is 11.3 Å². The summed E-state index contributed by atoms with van der Waals surface area (Å²) in [6.07, 6.45) is 0. The SMILES string of the molecule is CCOc1ccc(C(=O)NC(C(=O)OCC(=O)NC(=O)Nc2ccc(OC)cc2)C(C)C)cc1. The summed E-state index contributed by atoms with van der Waals surface area (Å²) in [7, 11) is 1.52. The van der Waals surface area contributed by atoms with Gasteiger partial charge in [0.15, 0.2) is 6.61 Å². The molecule has 0 saturated heterocycles. The second-order valence-corrected chi connectivity index (χ2v) is 7.49. The van der Waals surface area contributed by atoms with Crippen molar-refractivity contribution in [3.63, 3.8) is 0 Å². The third-order valence-electron chi connectivity index (χ3n) is 4.58. The highest BCUT2D eigenvalue weighted by Crippen LogP contribution is 2.15. The Morgan fingerprint density at radius 3 is 2.09 bits per heavy atom. The number of hydrogen-bond donors (Lipinski definition) is 3. The first-order valence-electron chi connectivity index (χ1n) is 10.7. The van der Waals surface area contributed by atoms with Gasteiger partial charge in [0.1, 0.15) is 17.5 Å². The van der Waals surface area contributed by atoms with Crippen LogP contribution >= 0.6 is 0 Å². The number of urea groups is 1. The quantitative estimate of drug-likeness (QED) is 0.454. The Morgan fingerprint density at radius 1 is 0.912 bits per heavy atom. The van der Waals surface area contributed by atoms with Crippen LogP contribution in [0.25, 0.3) is 0 Å². The van der Waals surface area contributed by atoms with Crippen LogP contribution in [0.5, 0.6) is 11.5 Å². The summed E-state index contributed by atoms with van der Waals surface area (Å²) in [4.78, 5) is 49.0. The average Bonchev–Trinajstić information content (AvgIpc) is 2.81. The van der Waals surface area contributed by atoms with Gasteiger partial charge in [-0.15, -0.1) is 0 Å². The molecule has 2 rings (SSSR count). The summed E-state index contributed by atoms with van der Waals surface area (Å²) < 4.78 is 15.4. The summed E-state index contributed by atoms with van der Waals surface area (Å²) in [6.45, 7) is 5.13. The number of esters is 1. The molecule has 34 heavy (non-hydrogen) atoms. The second kappa shape index (κ2) is 12.8. The number of hydrogen-bond acceptors (Lipinski definition) is 7. The second-order valence-electron chi connectivity index (χ2n) is 7.49. The lowest BCUT2D eigenvalue weighted by Gasteiger charge is -2.20. The topological polar surface area (TPSA) is 132 Å². The van der Waals surface area contributed by atoms with Crippen LogP contribution in [0.15, 0.2) is 48.5 Å². The lowest BCUT2D eigenvalue weighted by atomic mass is 10.0. The van der Waals surface area contributed by atoms with Crippen molar-refractivity contribution in [1.82, 2.24) is 10.6 Å². The summed E-state index contributed by atoms with van der Waals surface area (Å²) >= 11 is 0. The van der Waals surface area contributed by atoms with Gasteiger partial charge >= 0.3 is 12.0 Å². The molecule has 1 atom stereocenters. The molecule has 2 aromatic rings. The molecule has 3 N–H and O–H groups in total. The Bertz CT molecular complexity index is 989. The molecule has 0 fully saturated rings. The molecule has 0 aliphatic heterocycles. The zero-order chi connectivity index (χ0) is 25.1. The Balaban J connectivity index is 1.85. The van der Waals surface area contributed by atoms with Gasteiger partial charge in [-0.25, -0.2) is 9.59 Å². The van der Waals surface area contributed by atoms with Crippen LogP contribution in [0, 0.1) is 5.92 Å². The van der Waals surface area contributed by atoms with E-state index in [0.717, 1.165) is 0 Å². The van der Waals surface area contributed by atoms with Gasteiger partial charge in [-0.1, -0.05) is 13.8 Å². The summed E-state index contributed by atoms with van der Waals surface area (Å²) in [6, 6.07) is 11.2. The molecule has 0 aromatic heterocycles. The zero-order valence-corrected chi connectivity index (χ0v) is 19.5. The van der Waals surface area contributed by atoms with Gasteiger partial charge in [0.25, 0.3) is 11.8 Å². The standard InChI is InChI=1S/C24H29N3O7/c1-5-33-19-10-6-16(7-11-19)22(29)27-21(15(2)3)23(30)34-14-20(28)26-24(31)25-17-8-12-18(32-4)13-9-17/h6-13,15,21H,5,14H2,1-4H3,(H,27,29)(H2,25,26,28,31). The highest BCUT2D eigenvalue weighted by atomic mass is 16.5. The number of imide groups is 1. The van der Waals surface area contributed by atoms with Gasteiger partial charge in [0.05, 0.1) is 13.7 Å². The van der Waals surface area contributed by atoms with E-state index in [1.165, 1.54) is 7.11 Å². The maximum absolute atomic E-state index is 12.5. The molecule has 1 unspecified atom stereocenters. The maximum atomic E-state index is 12.5. The average molecular weight is 472 g/mol. The molecule has 2 aromatic carbocycles. The number of amides is 4. The van der Waals surface area contributed by atoms with E-state index in [4.69, 9.17) is 14.2 Å². The van der Waals surface area contributed by atoms with Crippen molar-refractivity contribution in [2.24, 2.45) is 5.92 Å². The van der Waals surface area contributed by atoms with Crippen molar-refractivity contribution >= 4 is 29.5 Å². The van der Waals surface area contributed by atoms with E-state index >= 15 is 0 Å². The number of rotatable bonds is 10. The number of methoxy groups -OCH3 is 1. The fourth-order valence-electron chi connectivity index (χ4n) is 2.82. The predicted molar refractivity (Wildman–Crippen MR) is 125 cm³/mol. The lowest BCUT2D eigenvalue weighted by Crippen LogP contribution is -2.46. The molecule has 0 aliphatic rings. The predicted octanol–water partition coefficient (Wildman–Crippen LogP) is 2.74. The Kier molecular flexibility index (Phi) is 9.88. The molecule has 182 valence electrons. The van der Waals surface area contributed by atoms with Crippen LogP contribution in [0.3, 0.4) is 0 Å². The monoisotopic (exact) mass is 471 g/mol. The summed E-state index contributed by atoms with van der Waals surface area (Å²) in [5.41, 5.74) is 0.787. The van der Waals surface area contributed by atoms with Gasteiger partial charge in [-0.05, 0) is 61.4 Å². The van der Waals surface area contributed by atoms with E-state index in [1.807, 2.05) is 6.92 Å². The van der Waals surface area contributed by atoms with Crippen molar-refractivity contribution in [1.29, 1.82) is 0 Å². The molecule has 4 amide bonds. The first-order valence-corrected chi connectivity index (χ1v) is 10.7. The normalized spacial score (nSPS) is 11.2. The van der Waals surface area contributed by atoms with Crippen molar-refractivity contribution in [2.75, 3.05) is 25.6 Å². The van der Waals surface area contributed by atoms with Crippen molar-refractivity contribution in [3.8, 4) is 11.5 Å². The van der Waals surface area contributed by atoms with Crippen LogP contribution < -0.4 is 25.4 Å². The van der Waals surface area contributed by atoms with Gasteiger partial charge in [0.2, 0.25) is 0 Å². The molecule has 10 nitrogen and oxygen atoms in total. The van der Waals surface area contributed by atoms with Crippen molar-refractivity contribution in [3.05, 3.63) is 54.1 Å². The number of benzene rings is 2. The minimum Gasteiger partial charge on any atom is -0.497 e. The van der Waals surface area contributed by atoms with Crippen LogP contribution in [0.2, 0.25) is 0 Å². The van der Waals surface area contributed by atoms with Crippen LogP contribution in [-0.4, -0.2) is 50.2 Å². The van der Waals surface area contributed by atoms with E-state index in [2.05, 4.69) is 16.0 Å². The Hall–Kier alpha value is -4.08. The van der Waals surface area contributed by atoms with Gasteiger partial charge in [-0.3, -0.25) is 14.9 Å². The van der Waals surface area contributed by atoms with E-state index in [9.17, 15) is 19.2 Å². The minimum absolute atomic E-state index is 0.305. The molecular weight excluding hydrogens is 442 g/mol. The molecule has 0 radical (unpaired) electrons. The van der Waals surface area contributed by atoms with Crippen LogP contribution in [-0.2, 0) is 14.3 Å². The van der Waals surface area contributed by atoms with Crippen LogP contribution in [0.4, 0.5) is 10.5 Å². The molecule has 0 saturated carbocycles. The summed E-state index contributed by atoms with van der Waals surface area (Å²) in [5, 5.41) is 7.16. The van der Waals surface area contributed by atoms with E-state index < -0.39 is 36.5 Å². The largest absolute Gasteiger partial charge is 0.497 e. The Labute approximate surface area is 198 Å². The third kappa shape index (κ3) is 8.12. The lowest BCUT2D eigenvalue weighted by molar-refractivity contribution is -0.151. The highest BCUT2D eigenvalue weighted by molar-refractivity contribution is 6.02. The first kappa shape index (κ1) is 26.2. The van der Waals surface area contributed by atoms with Crippen molar-refractivity contribution < 1.29 is 33.4 Å². The fraction of sp³-hybridized carbons (Fsp3) is 0.333. The molecule has 0 bridgehead atoms. The molecule has 0 aliphatic carbocycles. The molecule has 0 spiro atoms. The number of nitrogens with one attached hydrogen (secondary N) is 3. The number of carbonyl (C=O) groups is 4. The van der Waals surface area contributed by atoms with E-state index in [-0.39, 0.29) is 5.92 Å². The highest BCUT2D eigenvalue weighted by Gasteiger charge is 2.27. The zero-order valence-electron chi connectivity index (χ0n) is 19.5. The van der Waals surface area contributed by atoms with Gasteiger partial charge < -0.3 is 24.8 Å². The van der Waals surface area contributed by atoms with Crippen molar-refractivity contribution in [2.45, 2.75) is 26.8 Å².